The number of fused-ring (bicyclic) bond motifs is 1. The van der Waals surface area contributed by atoms with Crippen molar-refractivity contribution in [2.75, 3.05) is 16.8 Å². The standard InChI is InChI=1S/C22H21F3N2O2/c23-22(24,25)18-8-4-3-7-17(18)20(28)26-16-10-9-14-11-12-27(19(14)13-16)21(29)15-5-1-2-6-15/h3-4,7-10,13,15H,1-2,5-6,11-12H2,(H,26,28). The second-order valence-electron chi connectivity index (χ2n) is 7.56. The van der Waals surface area contributed by atoms with Crippen molar-refractivity contribution in [2.24, 2.45) is 5.92 Å². The Kier molecular flexibility index (Phi) is 5.06. The average molecular weight is 402 g/mol. The fourth-order valence-corrected chi connectivity index (χ4v) is 4.21. The SMILES string of the molecule is O=C(Nc1ccc2c(c1)N(C(=O)C1CCCC1)CC2)c1ccccc1C(F)(F)F. The molecule has 4 nitrogen and oxygen atoms in total. The molecule has 1 N–H and O–H groups in total. The number of hydrogen-bond donors (Lipinski definition) is 1. The zero-order valence-electron chi connectivity index (χ0n) is 15.8. The summed E-state index contributed by atoms with van der Waals surface area (Å²) in [5.74, 6) is -0.686. The quantitative estimate of drug-likeness (QED) is 0.782. The van der Waals surface area contributed by atoms with E-state index in [0.717, 1.165) is 55.5 Å². The van der Waals surface area contributed by atoms with Crippen molar-refractivity contribution in [1.82, 2.24) is 0 Å². The van der Waals surface area contributed by atoms with E-state index in [1.165, 1.54) is 12.1 Å². The molecule has 0 aromatic heterocycles. The topological polar surface area (TPSA) is 49.4 Å². The highest BCUT2D eigenvalue weighted by Crippen LogP contribution is 2.36. The lowest BCUT2D eigenvalue weighted by Crippen LogP contribution is -2.33. The summed E-state index contributed by atoms with van der Waals surface area (Å²) in [6.07, 6.45) is 0.0393. The van der Waals surface area contributed by atoms with Gasteiger partial charge in [-0.2, -0.15) is 13.2 Å². The molecular formula is C22H21F3N2O2. The van der Waals surface area contributed by atoms with E-state index in [9.17, 15) is 22.8 Å². The van der Waals surface area contributed by atoms with Gasteiger partial charge in [0, 0.05) is 23.8 Å². The molecule has 0 spiro atoms. The summed E-state index contributed by atoms with van der Waals surface area (Å²) in [6, 6.07) is 9.86. The van der Waals surface area contributed by atoms with Crippen LogP contribution in [-0.2, 0) is 17.4 Å². The van der Waals surface area contributed by atoms with Crippen molar-refractivity contribution in [3.63, 3.8) is 0 Å². The van der Waals surface area contributed by atoms with Crippen molar-refractivity contribution in [3.05, 3.63) is 59.2 Å². The first-order valence-corrected chi connectivity index (χ1v) is 9.76. The maximum atomic E-state index is 13.2. The molecule has 0 atom stereocenters. The van der Waals surface area contributed by atoms with Crippen LogP contribution in [0.4, 0.5) is 24.5 Å². The number of carbonyl (C=O) groups is 2. The highest BCUT2D eigenvalue weighted by Gasteiger charge is 2.35. The first kappa shape index (κ1) is 19.5. The summed E-state index contributed by atoms with van der Waals surface area (Å²) in [4.78, 5) is 27.1. The minimum Gasteiger partial charge on any atom is -0.322 e. The van der Waals surface area contributed by atoms with Gasteiger partial charge in [-0.1, -0.05) is 31.0 Å². The van der Waals surface area contributed by atoms with Crippen LogP contribution in [0.3, 0.4) is 0 Å². The molecule has 2 amide bonds. The normalized spacial score (nSPS) is 16.7. The van der Waals surface area contributed by atoms with Gasteiger partial charge in [-0.3, -0.25) is 9.59 Å². The van der Waals surface area contributed by atoms with Gasteiger partial charge in [-0.15, -0.1) is 0 Å². The van der Waals surface area contributed by atoms with Crippen molar-refractivity contribution in [1.29, 1.82) is 0 Å². The van der Waals surface area contributed by atoms with Gasteiger partial charge in [0.15, 0.2) is 0 Å². The van der Waals surface area contributed by atoms with Gasteiger partial charge in [0.05, 0.1) is 11.1 Å². The maximum Gasteiger partial charge on any atom is 0.417 e. The Morgan fingerprint density at radius 3 is 2.48 bits per heavy atom. The van der Waals surface area contributed by atoms with Crippen molar-refractivity contribution >= 4 is 23.2 Å². The zero-order valence-corrected chi connectivity index (χ0v) is 15.8. The smallest absolute Gasteiger partial charge is 0.322 e. The predicted octanol–water partition coefficient (Wildman–Crippen LogP) is 5.04. The number of rotatable bonds is 3. The third kappa shape index (κ3) is 3.86. The Labute approximate surface area is 166 Å². The highest BCUT2D eigenvalue weighted by atomic mass is 19.4. The summed E-state index contributed by atoms with van der Waals surface area (Å²) >= 11 is 0. The number of anilines is 2. The van der Waals surface area contributed by atoms with E-state index in [1.54, 1.807) is 17.0 Å². The minimum atomic E-state index is -4.61. The van der Waals surface area contributed by atoms with Crippen LogP contribution in [0.15, 0.2) is 42.5 Å². The Morgan fingerprint density at radius 1 is 1.03 bits per heavy atom. The number of benzene rings is 2. The molecule has 29 heavy (non-hydrogen) atoms. The van der Waals surface area contributed by atoms with E-state index >= 15 is 0 Å². The lowest BCUT2D eigenvalue weighted by Gasteiger charge is -2.22. The Hall–Kier alpha value is -2.83. The van der Waals surface area contributed by atoms with E-state index in [0.29, 0.717) is 12.2 Å². The monoisotopic (exact) mass is 402 g/mol. The minimum absolute atomic E-state index is 0.0397. The van der Waals surface area contributed by atoms with Gasteiger partial charge in [0.1, 0.15) is 0 Å². The number of nitrogens with zero attached hydrogens (tertiary/aromatic N) is 1. The van der Waals surface area contributed by atoms with E-state index in [-0.39, 0.29) is 11.8 Å². The molecule has 1 fully saturated rings. The number of carbonyl (C=O) groups excluding carboxylic acids is 2. The average Bonchev–Trinajstić information content (AvgIpc) is 3.36. The molecule has 1 saturated carbocycles. The first-order valence-electron chi connectivity index (χ1n) is 9.76. The molecular weight excluding hydrogens is 381 g/mol. The molecule has 7 heteroatoms. The van der Waals surface area contributed by atoms with Gasteiger partial charge in [0.2, 0.25) is 5.91 Å². The Balaban J connectivity index is 1.57. The number of amides is 2. The number of hydrogen-bond acceptors (Lipinski definition) is 2. The molecule has 0 radical (unpaired) electrons. The zero-order chi connectivity index (χ0) is 20.6. The Bertz CT molecular complexity index is 949. The lowest BCUT2D eigenvalue weighted by atomic mass is 10.1. The van der Waals surface area contributed by atoms with Crippen LogP contribution in [0.2, 0.25) is 0 Å². The van der Waals surface area contributed by atoms with Crippen LogP contribution < -0.4 is 10.2 Å². The molecule has 0 unspecified atom stereocenters. The molecule has 1 heterocycles. The summed E-state index contributed by atoms with van der Waals surface area (Å²) in [6.45, 7) is 0.596. The van der Waals surface area contributed by atoms with Crippen LogP contribution >= 0.6 is 0 Å². The molecule has 1 aliphatic heterocycles. The van der Waals surface area contributed by atoms with Gasteiger partial charge in [-0.05, 0) is 49.1 Å². The summed E-state index contributed by atoms with van der Waals surface area (Å²) in [5.41, 5.74) is 0.710. The van der Waals surface area contributed by atoms with Crippen molar-refractivity contribution in [3.8, 4) is 0 Å². The third-order valence-corrected chi connectivity index (χ3v) is 5.69. The molecule has 0 saturated heterocycles. The predicted molar refractivity (Wildman–Crippen MR) is 104 cm³/mol. The van der Waals surface area contributed by atoms with Gasteiger partial charge in [0.25, 0.3) is 5.91 Å². The molecule has 0 bridgehead atoms. The second-order valence-corrected chi connectivity index (χ2v) is 7.56. The van der Waals surface area contributed by atoms with Crippen LogP contribution in [0, 0.1) is 5.92 Å². The second kappa shape index (κ2) is 7.54. The van der Waals surface area contributed by atoms with Gasteiger partial charge in [-0.25, -0.2) is 0 Å². The third-order valence-electron chi connectivity index (χ3n) is 5.69. The first-order chi connectivity index (χ1) is 13.8. The van der Waals surface area contributed by atoms with Crippen LogP contribution in [0.25, 0.3) is 0 Å². The molecule has 2 aromatic carbocycles. The van der Waals surface area contributed by atoms with Gasteiger partial charge >= 0.3 is 6.18 Å². The molecule has 1 aliphatic carbocycles. The van der Waals surface area contributed by atoms with E-state index in [4.69, 9.17) is 0 Å². The van der Waals surface area contributed by atoms with E-state index in [2.05, 4.69) is 5.32 Å². The molecule has 152 valence electrons. The highest BCUT2D eigenvalue weighted by molar-refractivity contribution is 6.06. The molecule has 4 rings (SSSR count). The number of alkyl halides is 3. The summed E-state index contributed by atoms with van der Waals surface area (Å²) in [5, 5.41) is 2.55. The molecule has 2 aliphatic rings. The van der Waals surface area contributed by atoms with Gasteiger partial charge < -0.3 is 10.2 Å². The van der Waals surface area contributed by atoms with Crippen molar-refractivity contribution < 1.29 is 22.8 Å². The summed E-state index contributed by atoms with van der Waals surface area (Å²) < 4.78 is 39.6. The fraction of sp³-hybridized carbons (Fsp3) is 0.364. The Morgan fingerprint density at radius 2 is 1.76 bits per heavy atom. The van der Waals surface area contributed by atoms with Crippen molar-refractivity contribution in [2.45, 2.75) is 38.3 Å². The van der Waals surface area contributed by atoms with E-state index in [1.807, 2.05) is 6.07 Å². The van der Waals surface area contributed by atoms with Crippen LogP contribution in [-0.4, -0.2) is 18.4 Å². The summed E-state index contributed by atoms with van der Waals surface area (Å²) in [7, 11) is 0. The number of nitrogens with one attached hydrogen (secondary N) is 1. The van der Waals surface area contributed by atoms with Crippen LogP contribution in [0.5, 0.6) is 0 Å². The largest absolute Gasteiger partial charge is 0.417 e. The maximum absolute atomic E-state index is 13.2. The fourth-order valence-electron chi connectivity index (χ4n) is 4.21. The molecule has 2 aromatic rings. The lowest BCUT2D eigenvalue weighted by molar-refractivity contribution is -0.137. The number of halogens is 3. The van der Waals surface area contributed by atoms with Crippen LogP contribution in [0.1, 0.15) is 47.2 Å². The van der Waals surface area contributed by atoms with E-state index < -0.39 is 23.2 Å².